The Balaban J connectivity index is 2.91. The normalized spacial score (nSPS) is 12.1. The number of halogens is 4. The maximum absolute atomic E-state index is 12.2. The van der Waals surface area contributed by atoms with E-state index >= 15 is 0 Å². The van der Waals surface area contributed by atoms with E-state index in [1.807, 2.05) is 6.92 Å². The molecule has 0 radical (unpaired) electrons. The molecule has 0 spiro atoms. The third kappa shape index (κ3) is 3.37. The fourth-order valence-corrected chi connectivity index (χ4v) is 1.49. The Bertz CT molecular complexity index is 321. The Morgan fingerprint density at radius 2 is 2.07 bits per heavy atom. The molecular weight excluding hydrogens is 231 g/mol. The second kappa shape index (κ2) is 4.83. The second-order valence-electron chi connectivity index (χ2n) is 3.14. The van der Waals surface area contributed by atoms with Crippen molar-refractivity contribution >= 4 is 11.6 Å². The lowest BCUT2D eigenvalue weighted by atomic mass is 10.2. The summed E-state index contributed by atoms with van der Waals surface area (Å²) in [4.78, 5) is 0. The Morgan fingerprint density at radius 1 is 1.40 bits per heavy atom. The van der Waals surface area contributed by atoms with Crippen LogP contribution in [0.5, 0.6) is 0 Å². The largest absolute Gasteiger partial charge is 0.408 e. The van der Waals surface area contributed by atoms with Crippen molar-refractivity contribution < 1.29 is 13.2 Å². The van der Waals surface area contributed by atoms with E-state index in [0.717, 1.165) is 11.1 Å². The summed E-state index contributed by atoms with van der Waals surface area (Å²) < 4.78 is 37.3. The summed E-state index contributed by atoms with van der Waals surface area (Å²) in [5.74, 6) is 0.0905. The molecule has 0 aromatic carbocycles. The first kappa shape index (κ1) is 12.3. The van der Waals surface area contributed by atoms with Crippen LogP contribution in [0.1, 0.15) is 24.7 Å². The topological polar surface area (TPSA) is 30.7 Å². The minimum atomic E-state index is -4.28. The van der Waals surface area contributed by atoms with Gasteiger partial charge < -0.3 is 0 Å². The molecule has 1 aromatic heterocycles. The van der Waals surface area contributed by atoms with Crippen LogP contribution < -0.4 is 0 Å². The van der Waals surface area contributed by atoms with Gasteiger partial charge in [0.15, 0.2) is 0 Å². The average Bonchev–Trinajstić information content (AvgIpc) is 2.47. The van der Waals surface area contributed by atoms with Crippen LogP contribution >= 0.6 is 11.6 Å². The van der Waals surface area contributed by atoms with Gasteiger partial charge in [0.05, 0.1) is 11.6 Å². The van der Waals surface area contributed by atoms with Crippen molar-refractivity contribution in [1.29, 1.82) is 0 Å². The van der Waals surface area contributed by atoms with Gasteiger partial charge in [-0.1, -0.05) is 18.6 Å². The number of rotatable bonds is 4. The van der Waals surface area contributed by atoms with E-state index in [-0.39, 0.29) is 5.88 Å². The van der Waals surface area contributed by atoms with Crippen molar-refractivity contribution in [1.82, 2.24) is 15.0 Å². The van der Waals surface area contributed by atoms with Gasteiger partial charge in [-0.15, -0.1) is 16.7 Å². The molecule has 0 aliphatic rings. The van der Waals surface area contributed by atoms with Crippen molar-refractivity contribution in [3.8, 4) is 0 Å². The van der Waals surface area contributed by atoms with Crippen LogP contribution in [0.4, 0.5) is 13.2 Å². The van der Waals surface area contributed by atoms with Crippen LogP contribution in [0.25, 0.3) is 0 Å². The molecule has 0 atom stereocenters. The lowest BCUT2D eigenvalue weighted by Crippen LogP contribution is -2.20. The third-order valence-electron chi connectivity index (χ3n) is 1.86. The molecule has 0 saturated carbocycles. The lowest BCUT2D eigenvalue weighted by Gasteiger charge is -2.09. The molecule has 1 rings (SSSR count). The van der Waals surface area contributed by atoms with Gasteiger partial charge in [0.1, 0.15) is 12.2 Å². The summed E-state index contributed by atoms with van der Waals surface area (Å²) in [6.45, 7) is 0.773. The third-order valence-corrected chi connectivity index (χ3v) is 2.11. The first-order valence-corrected chi connectivity index (χ1v) is 5.05. The van der Waals surface area contributed by atoms with Crippen molar-refractivity contribution in [3.05, 3.63) is 11.4 Å². The first-order valence-electron chi connectivity index (χ1n) is 4.52. The second-order valence-corrected chi connectivity index (χ2v) is 3.41. The summed E-state index contributed by atoms with van der Waals surface area (Å²) in [7, 11) is 0. The molecule has 0 unspecified atom stereocenters. The zero-order chi connectivity index (χ0) is 11.5. The van der Waals surface area contributed by atoms with Crippen molar-refractivity contribution in [2.24, 2.45) is 0 Å². The molecule has 86 valence electrons. The fourth-order valence-electron chi connectivity index (χ4n) is 1.28. The molecule has 1 aromatic rings. The smallest absolute Gasteiger partial charge is 0.240 e. The number of alkyl halides is 4. The predicted octanol–water partition coefficient (Wildman–Crippen LogP) is 2.53. The predicted molar refractivity (Wildman–Crippen MR) is 49.6 cm³/mol. The Hall–Kier alpha value is -0.780. The van der Waals surface area contributed by atoms with E-state index in [2.05, 4.69) is 10.3 Å². The lowest BCUT2D eigenvalue weighted by molar-refractivity contribution is -0.143. The van der Waals surface area contributed by atoms with Crippen molar-refractivity contribution in [3.63, 3.8) is 0 Å². The van der Waals surface area contributed by atoms with Crippen LogP contribution in [0.3, 0.4) is 0 Å². The molecule has 0 amide bonds. The summed E-state index contributed by atoms with van der Waals surface area (Å²) >= 11 is 5.56. The van der Waals surface area contributed by atoms with E-state index in [1.54, 1.807) is 0 Å². The quantitative estimate of drug-likeness (QED) is 0.759. The van der Waals surface area contributed by atoms with Crippen LogP contribution in [0.15, 0.2) is 0 Å². The van der Waals surface area contributed by atoms with E-state index in [1.165, 1.54) is 0 Å². The molecule has 0 saturated heterocycles. The molecule has 3 nitrogen and oxygen atoms in total. The number of aromatic nitrogens is 3. The highest BCUT2D eigenvalue weighted by atomic mass is 35.5. The van der Waals surface area contributed by atoms with Crippen molar-refractivity contribution in [2.45, 2.75) is 38.4 Å². The van der Waals surface area contributed by atoms with Crippen molar-refractivity contribution in [2.75, 3.05) is 0 Å². The summed E-state index contributed by atoms with van der Waals surface area (Å²) in [5, 5.41) is 7.07. The van der Waals surface area contributed by atoms with Gasteiger partial charge >= 0.3 is 6.18 Å². The van der Waals surface area contributed by atoms with Gasteiger partial charge in [-0.2, -0.15) is 13.2 Å². The van der Waals surface area contributed by atoms with E-state index in [9.17, 15) is 13.2 Å². The maximum atomic E-state index is 12.2. The fraction of sp³-hybridized carbons (Fsp3) is 0.750. The molecular formula is C8H11ClF3N3. The highest BCUT2D eigenvalue weighted by Crippen LogP contribution is 2.20. The van der Waals surface area contributed by atoms with Crippen LogP contribution in [-0.2, 0) is 18.8 Å². The minimum Gasteiger partial charge on any atom is -0.240 e. The van der Waals surface area contributed by atoms with Gasteiger partial charge in [0.2, 0.25) is 0 Å². The van der Waals surface area contributed by atoms with Gasteiger partial charge in [0, 0.05) is 0 Å². The molecule has 1 heterocycles. The standard InChI is InChI=1S/C8H11ClF3N3/c1-2-3-7-6(4-9)13-14-15(7)5-8(10,11)12/h2-5H2,1H3. The number of hydrogen-bond acceptors (Lipinski definition) is 2. The van der Waals surface area contributed by atoms with Gasteiger partial charge in [-0.3, -0.25) is 0 Å². The molecule has 0 aliphatic carbocycles. The molecule has 15 heavy (non-hydrogen) atoms. The van der Waals surface area contributed by atoms with Gasteiger partial charge in [0.25, 0.3) is 0 Å². The van der Waals surface area contributed by atoms with E-state index in [4.69, 9.17) is 11.6 Å². The Labute approximate surface area is 90.2 Å². The van der Waals surface area contributed by atoms with E-state index < -0.39 is 12.7 Å². The molecule has 0 aliphatic heterocycles. The van der Waals surface area contributed by atoms with E-state index in [0.29, 0.717) is 17.8 Å². The summed E-state index contributed by atoms with van der Waals surface area (Å²) in [6.07, 6.45) is -3.04. The average molecular weight is 242 g/mol. The number of nitrogens with zero attached hydrogens (tertiary/aromatic N) is 3. The summed E-state index contributed by atoms with van der Waals surface area (Å²) in [6, 6.07) is 0. The van der Waals surface area contributed by atoms with Crippen LogP contribution in [0, 0.1) is 0 Å². The minimum absolute atomic E-state index is 0.0905. The highest BCUT2D eigenvalue weighted by Gasteiger charge is 2.30. The zero-order valence-corrected chi connectivity index (χ0v) is 8.94. The highest BCUT2D eigenvalue weighted by molar-refractivity contribution is 6.16. The summed E-state index contributed by atoms with van der Waals surface area (Å²) in [5.41, 5.74) is 0.910. The Kier molecular flexibility index (Phi) is 3.96. The molecule has 7 heteroatoms. The number of hydrogen-bond donors (Lipinski definition) is 0. The zero-order valence-electron chi connectivity index (χ0n) is 8.18. The van der Waals surface area contributed by atoms with Crippen LogP contribution in [0.2, 0.25) is 0 Å². The molecule has 0 fully saturated rings. The molecule has 0 N–H and O–H groups in total. The monoisotopic (exact) mass is 241 g/mol. The first-order chi connectivity index (χ1) is 6.98. The van der Waals surface area contributed by atoms with Crippen LogP contribution in [-0.4, -0.2) is 21.2 Å². The Morgan fingerprint density at radius 3 is 2.53 bits per heavy atom. The SMILES string of the molecule is CCCc1c(CCl)nnn1CC(F)(F)F. The van der Waals surface area contributed by atoms with Gasteiger partial charge in [-0.25, -0.2) is 4.68 Å². The molecule has 0 bridgehead atoms. The maximum Gasteiger partial charge on any atom is 0.408 e. The van der Waals surface area contributed by atoms with Gasteiger partial charge in [-0.05, 0) is 6.42 Å².